The van der Waals surface area contributed by atoms with E-state index in [4.69, 9.17) is 17.4 Å². The van der Waals surface area contributed by atoms with Crippen LogP contribution in [0.2, 0.25) is 5.02 Å². The summed E-state index contributed by atoms with van der Waals surface area (Å²) >= 11 is 5.92. The van der Waals surface area contributed by atoms with Gasteiger partial charge in [0.2, 0.25) is 16.0 Å². The normalized spacial score (nSPS) is 19.1. The van der Waals surface area contributed by atoms with Crippen molar-refractivity contribution in [2.75, 3.05) is 23.8 Å². The molecule has 170 valence electrons. The highest BCUT2D eigenvalue weighted by Gasteiger charge is 2.23. The fraction of sp³-hybridized carbons (Fsp3) is 0.364. The van der Waals surface area contributed by atoms with Crippen LogP contribution in [0.3, 0.4) is 0 Å². The molecule has 0 spiro atoms. The summed E-state index contributed by atoms with van der Waals surface area (Å²) in [7, 11) is -3.55. The number of fused-ring (bicyclic) bond motifs is 1. The zero-order valence-corrected chi connectivity index (χ0v) is 19.2. The fourth-order valence-corrected chi connectivity index (χ4v) is 5.50. The summed E-state index contributed by atoms with van der Waals surface area (Å²) in [4.78, 5) is 9.24. The second-order valence-electron chi connectivity index (χ2n) is 8.13. The van der Waals surface area contributed by atoms with E-state index in [9.17, 15) is 8.42 Å². The molecule has 0 radical (unpaired) electrons. The molecule has 2 aromatic carbocycles. The SMILES string of the molecule is NNc1nc(NCC2CCC(CNS(=O)(=O)c3cccc(Cl)c3)CC2)nc2ccccc12. The van der Waals surface area contributed by atoms with Gasteiger partial charge in [0.1, 0.15) is 0 Å². The van der Waals surface area contributed by atoms with E-state index in [2.05, 4.69) is 25.4 Å². The fourth-order valence-electron chi connectivity index (χ4n) is 4.09. The van der Waals surface area contributed by atoms with E-state index >= 15 is 0 Å². The predicted molar refractivity (Wildman–Crippen MR) is 128 cm³/mol. The molecule has 4 rings (SSSR count). The first-order chi connectivity index (χ1) is 15.4. The van der Waals surface area contributed by atoms with E-state index in [0.29, 0.717) is 35.2 Å². The number of nitrogen functional groups attached to an aromatic ring is 1. The number of halogens is 1. The Balaban J connectivity index is 1.27. The van der Waals surface area contributed by atoms with Crippen molar-refractivity contribution in [3.63, 3.8) is 0 Å². The van der Waals surface area contributed by atoms with Gasteiger partial charge in [-0.15, -0.1) is 0 Å². The van der Waals surface area contributed by atoms with E-state index in [0.717, 1.165) is 43.1 Å². The van der Waals surface area contributed by atoms with Crippen LogP contribution in [0.4, 0.5) is 11.8 Å². The van der Waals surface area contributed by atoms with Gasteiger partial charge in [-0.3, -0.25) is 0 Å². The van der Waals surface area contributed by atoms with Gasteiger partial charge in [-0.05, 0) is 67.9 Å². The van der Waals surface area contributed by atoms with Crippen LogP contribution in [0.15, 0.2) is 53.4 Å². The summed E-state index contributed by atoms with van der Waals surface area (Å²) in [5.41, 5.74) is 3.47. The molecule has 10 heteroatoms. The first-order valence-electron chi connectivity index (χ1n) is 10.7. The third-order valence-corrected chi connectivity index (χ3v) is 7.58. The van der Waals surface area contributed by atoms with Crippen LogP contribution in [0, 0.1) is 11.8 Å². The maximum absolute atomic E-state index is 12.5. The number of para-hydroxylation sites is 1. The van der Waals surface area contributed by atoms with Gasteiger partial charge >= 0.3 is 0 Å². The summed E-state index contributed by atoms with van der Waals surface area (Å²) < 4.78 is 27.7. The molecule has 5 N–H and O–H groups in total. The van der Waals surface area contributed by atoms with E-state index in [-0.39, 0.29) is 4.90 Å². The van der Waals surface area contributed by atoms with E-state index < -0.39 is 10.0 Å². The number of rotatable bonds is 8. The molecule has 0 amide bonds. The van der Waals surface area contributed by atoms with Crippen molar-refractivity contribution in [1.82, 2.24) is 14.7 Å². The molecule has 3 aromatic rings. The lowest BCUT2D eigenvalue weighted by Crippen LogP contribution is -2.32. The van der Waals surface area contributed by atoms with Crippen LogP contribution in [0.25, 0.3) is 10.9 Å². The third kappa shape index (κ3) is 5.47. The van der Waals surface area contributed by atoms with Crippen LogP contribution in [-0.4, -0.2) is 31.5 Å². The van der Waals surface area contributed by atoms with Gasteiger partial charge in [-0.25, -0.2) is 24.0 Å². The smallest absolute Gasteiger partial charge is 0.240 e. The largest absolute Gasteiger partial charge is 0.354 e. The number of hydrazine groups is 1. The maximum atomic E-state index is 12.5. The minimum atomic E-state index is -3.55. The molecule has 0 aliphatic heterocycles. The van der Waals surface area contributed by atoms with Crippen LogP contribution in [0.5, 0.6) is 0 Å². The molecule has 1 aromatic heterocycles. The Morgan fingerprint density at radius 2 is 1.69 bits per heavy atom. The van der Waals surface area contributed by atoms with Gasteiger partial charge < -0.3 is 10.7 Å². The Bertz CT molecular complexity index is 1180. The standard InChI is InChI=1S/C22H27ClN6O2S/c23-17-4-3-5-18(12-17)32(30,31)26-14-16-10-8-15(9-11-16)13-25-22-27-20-7-2-1-6-19(20)21(28-22)29-24/h1-7,12,15-16,26H,8-11,13-14,24H2,(H2,25,27,28,29). The molecule has 1 saturated carbocycles. The number of sulfonamides is 1. The molecular weight excluding hydrogens is 448 g/mol. The number of hydrogen-bond donors (Lipinski definition) is 4. The van der Waals surface area contributed by atoms with Crippen LogP contribution >= 0.6 is 11.6 Å². The molecule has 32 heavy (non-hydrogen) atoms. The average molecular weight is 475 g/mol. The predicted octanol–water partition coefficient (Wildman–Crippen LogP) is 3.77. The molecule has 1 fully saturated rings. The molecule has 0 bridgehead atoms. The number of nitrogens with two attached hydrogens (primary N) is 1. The maximum Gasteiger partial charge on any atom is 0.240 e. The average Bonchev–Trinajstić information content (AvgIpc) is 2.81. The summed E-state index contributed by atoms with van der Waals surface area (Å²) in [6.45, 7) is 1.21. The highest BCUT2D eigenvalue weighted by molar-refractivity contribution is 7.89. The molecule has 8 nitrogen and oxygen atoms in total. The minimum Gasteiger partial charge on any atom is -0.354 e. The summed E-state index contributed by atoms with van der Waals surface area (Å²) in [5.74, 6) is 7.57. The number of nitrogens with one attached hydrogen (secondary N) is 3. The quantitative estimate of drug-likeness (QED) is 0.289. The van der Waals surface area contributed by atoms with Crippen molar-refractivity contribution in [3.05, 3.63) is 53.6 Å². The van der Waals surface area contributed by atoms with Crippen LogP contribution in [-0.2, 0) is 10.0 Å². The zero-order chi connectivity index (χ0) is 22.6. The monoisotopic (exact) mass is 474 g/mol. The van der Waals surface area contributed by atoms with Crippen molar-refractivity contribution in [2.45, 2.75) is 30.6 Å². The van der Waals surface area contributed by atoms with E-state index in [1.54, 1.807) is 18.2 Å². The lowest BCUT2D eigenvalue weighted by Gasteiger charge is -2.28. The Labute approximate surface area is 193 Å². The van der Waals surface area contributed by atoms with Gasteiger partial charge in [0, 0.05) is 23.5 Å². The summed E-state index contributed by atoms with van der Waals surface area (Å²) in [6.07, 6.45) is 3.98. The second kappa shape index (κ2) is 9.99. The van der Waals surface area contributed by atoms with Gasteiger partial charge in [0.15, 0.2) is 5.82 Å². The van der Waals surface area contributed by atoms with Gasteiger partial charge in [-0.2, -0.15) is 4.98 Å². The minimum absolute atomic E-state index is 0.199. The molecule has 1 aliphatic carbocycles. The number of aromatic nitrogens is 2. The van der Waals surface area contributed by atoms with Crippen LogP contribution in [0.1, 0.15) is 25.7 Å². The number of hydrogen-bond acceptors (Lipinski definition) is 7. The van der Waals surface area contributed by atoms with Crippen molar-refractivity contribution in [3.8, 4) is 0 Å². The highest BCUT2D eigenvalue weighted by atomic mass is 35.5. The number of anilines is 2. The lowest BCUT2D eigenvalue weighted by molar-refractivity contribution is 0.284. The topological polar surface area (TPSA) is 122 Å². The van der Waals surface area contributed by atoms with Gasteiger partial charge in [-0.1, -0.05) is 29.8 Å². The summed E-state index contributed by atoms with van der Waals surface area (Å²) in [6, 6.07) is 14.0. The molecule has 0 atom stereocenters. The number of nitrogens with zero attached hydrogens (tertiary/aromatic N) is 2. The molecule has 0 unspecified atom stereocenters. The first-order valence-corrected chi connectivity index (χ1v) is 12.5. The highest BCUT2D eigenvalue weighted by Crippen LogP contribution is 2.29. The van der Waals surface area contributed by atoms with Crippen molar-refractivity contribution in [1.29, 1.82) is 0 Å². The van der Waals surface area contributed by atoms with E-state index in [1.807, 2.05) is 24.3 Å². The van der Waals surface area contributed by atoms with Crippen LogP contribution < -0.4 is 21.3 Å². The first kappa shape index (κ1) is 22.7. The molecular formula is C22H27ClN6O2S. The Morgan fingerprint density at radius 1 is 0.969 bits per heavy atom. The Morgan fingerprint density at radius 3 is 2.41 bits per heavy atom. The van der Waals surface area contributed by atoms with Crippen molar-refractivity contribution < 1.29 is 8.42 Å². The number of benzene rings is 2. The van der Waals surface area contributed by atoms with Crippen molar-refractivity contribution in [2.24, 2.45) is 17.7 Å². The van der Waals surface area contributed by atoms with Gasteiger partial charge in [0.05, 0.1) is 10.4 Å². The van der Waals surface area contributed by atoms with Gasteiger partial charge in [0.25, 0.3) is 0 Å². The molecule has 1 heterocycles. The Kier molecular flexibility index (Phi) is 7.10. The Hall–Kier alpha value is -2.46. The van der Waals surface area contributed by atoms with Crippen molar-refractivity contribution >= 4 is 44.3 Å². The summed E-state index contributed by atoms with van der Waals surface area (Å²) in [5, 5.41) is 4.62. The second-order valence-corrected chi connectivity index (χ2v) is 10.3. The molecule has 1 aliphatic rings. The van der Waals surface area contributed by atoms with E-state index in [1.165, 1.54) is 6.07 Å². The third-order valence-electron chi connectivity index (χ3n) is 5.92. The molecule has 0 saturated heterocycles. The zero-order valence-electron chi connectivity index (χ0n) is 17.6. The lowest BCUT2D eigenvalue weighted by atomic mass is 9.82.